The van der Waals surface area contributed by atoms with Crippen molar-refractivity contribution in [2.24, 2.45) is 11.3 Å². The zero-order valence-corrected chi connectivity index (χ0v) is 15.7. The minimum Gasteiger partial charge on any atom is -0.377 e. The summed E-state index contributed by atoms with van der Waals surface area (Å²) in [5.74, 6) is 0.713. The van der Waals surface area contributed by atoms with E-state index in [2.05, 4.69) is 33.0 Å². The molecule has 0 aromatic rings. The van der Waals surface area contributed by atoms with Gasteiger partial charge in [0.1, 0.15) is 0 Å². The van der Waals surface area contributed by atoms with Crippen LogP contribution in [0.3, 0.4) is 0 Å². The van der Waals surface area contributed by atoms with Gasteiger partial charge in [0.15, 0.2) is 0 Å². The van der Waals surface area contributed by atoms with Gasteiger partial charge >= 0.3 is 8.80 Å². The van der Waals surface area contributed by atoms with Crippen molar-refractivity contribution >= 4 is 14.7 Å². The molecule has 0 heterocycles. The molecule has 0 spiro atoms. The average Bonchev–Trinajstić information content (AvgIpc) is 2.37. The molecular weight excluding hydrogens is 286 g/mol. The zero-order valence-electron chi connectivity index (χ0n) is 14.7. The van der Waals surface area contributed by atoms with Crippen LogP contribution >= 0.6 is 0 Å². The summed E-state index contributed by atoms with van der Waals surface area (Å²) in [6, 6.07) is 0.701. The molecule has 0 bridgehead atoms. The summed E-state index contributed by atoms with van der Waals surface area (Å²) in [6.07, 6.45) is 2.40. The lowest BCUT2D eigenvalue weighted by Crippen LogP contribution is -2.43. The lowest BCUT2D eigenvalue weighted by atomic mass is 9.81. The molecule has 0 radical (unpaired) electrons. The molecule has 0 saturated carbocycles. The van der Waals surface area contributed by atoms with Gasteiger partial charge in [0.25, 0.3) is 0 Å². The maximum atomic E-state index is 12.0. The second kappa shape index (κ2) is 9.56. The molecule has 0 atom stereocenters. The van der Waals surface area contributed by atoms with Gasteiger partial charge in [0.2, 0.25) is 5.91 Å². The number of hydrogen-bond donors (Lipinski definition) is 1. The molecule has 126 valence electrons. The van der Waals surface area contributed by atoms with E-state index in [0.29, 0.717) is 24.9 Å². The second-order valence-corrected chi connectivity index (χ2v) is 9.78. The van der Waals surface area contributed by atoms with Gasteiger partial charge in [-0.15, -0.1) is 0 Å². The summed E-state index contributed by atoms with van der Waals surface area (Å²) in [5.41, 5.74) is 0.0440. The van der Waals surface area contributed by atoms with Gasteiger partial charge in [-0.05, 0) is 24.2 Å². The summed E-state index contributed by atoms with van der Waals surface area (Å²) in [5, 5.41) is 2.97. The molecule has 0 aromatic heterocycles. The lowest BCUT2D eigenvalue weighted by molar-refractivity contribution is -0.123. The molecule has 6 heteroatoms. The first-order valence-corrected chi connectivity index (χ1v) is 9.55. The Balaban J connectivity index is 4.05. The Morgan fingerprint density at radius 1 is 1.14 bits per heavy atom. The van der Waals surface area contributed by atoms with Gasteiger partial charge in [0, 0.05) is 40.3 Å². The Labute approximate surface area is 131 Å². The van der Waals surface area contributed by atoms with E-state index in [0.717, 1.165) is 12.8 Å². The maximum absolute atomic E-state index is 12.0. The van der Waals surface area contributed by atoms with Crippen molar-refractivity contribution in [2.75, 3.05) is 27.9 Å². The van der Waals surface area contributed by atoms with Gasteiger partial charge in [-0.2, -0.15) is 0 Å². The molecule has 0 aromatic carbocycles. The van der Waals surface area contributed by atoms with Gasteiger partial charge in [0.05, 0.1) is 0 Å². The Morgan fingerprint density at radius 2 is 1.67 bits per heavy atom. The van der Waals surface area contributed by atoms with Crippen molar-refractivity contribution in [3.8, 4) is 0 Å². The fourth-order valence-corrected chi connectivity index (χ4v) is 4.49. The van der Waals surface area contributed by atoms with E-state index in [4.69, 9.17) is 13.3 Å². The quantitative estimate of drug-likeness (QED) is 0.470. The first-order valence-electron chi connectivity index (χ1n) is 7.62. The zero-order chi connectivity index (χ0) is 16.5. The Kier molecular flexibility index (Phi) is 9.36. The highest BCUT2D eigenvalue weighted by atomic mass is 28.4. The molecular formula is C15H33NO4Si. The van der Waals surface area contributed by atoms with Gasteiger partial charge < -0.3 is 18.6 Å². The highest BCUT2D eigenvalue weighted by molar-refractivity contribution is 6.60. The van der Waals surface area contributed by atoms with Gasteiger partial charge in [-0.25, -0.2) is 0 Å². The summed E-state index contributed by atoms with van der Waals surface area (Å²) in [4.78, 5) is 12.0. The Hall–Kier alpha value is -0.433. The molecule has 0 unspecified atom stereocenters. The monoisotopic (exact) mass is 319 g/mol. The van der Waals surface area contributed by atoms with E-state index in [1.54, 1.807) is 21.3 Å². The Morgan fingerprint density at radius 3 is 2.10 bits per heavy atom. The van der Waals surface area contributed by atoms with E-state index in [9.17, 15) is 4.79 Å². The fraction of sp³-hybridized carbons (Fsp3) is 0.933. The molecule has 0 aliphatic carbocycles. The minimum atomic E-state index is -2.51. The van der Waals surface area contributed by atoms with Gasteiger partial charge in [-0.3, -0.25) is 4.79 Å². The van der Waals surface area contributed by atoms with Crippen LogP contribution in [0.4, 0.5) is 0 Å². The smallest absolute Gasteiger partial charge is 0.377 e. The summed E-state index contributed by atoms with van der Waals surface area (Å²) in [7, 11) is 2.30. The van der Waals surface area contributed by atoms with Crippen LogP contribution in [0.1, 0.15) is 47.0 Å². The van der Waals surface area contributed by atoms with Crippen LogP contribution in [0.15, 0.2) is 0 Å². The number of carbonyl (C=O) groups is 1. The van der Waals surface area contributed by atoms with Crippen molar-refractivity contribution in [3.63, 3.8) is 0 Å². The third kappa shape index (κ3) is 8.56. The van der Waals surface area contributed by atoms with E-state index in [1.807, 2.05) is 0 Å². The first kappa shape index (κ1) is 20.6. The van der Waals surface area contributed by atoms with E-state index in [1.165, 1.54) is 0 Å². The molecule has 5 nitrogen and oxygen atoms in total. The van der Waals surface area contributed by atoms with Crippen molar-refractivity contribution in [3.05, 3.63) is 0 Å². The van der Waals surface area contributed by atoms with Crippen molar-refractivity contribution in [2.45, 2.75) is 53.0 Å². The summed E-state index contributed by atoms with van der Waals surface area (Å²) >= 11 is 0. The van der Waals surface area contributed by atoms with E-state index in [-0.39, 0.29) is 11.3 Å². The fourth-order valence-electron chi connectivity index (χ4n) is 2.76. The number of carbonyl (C=O) groups excluding carboxylic acids is 1. The number of nitrogens with one attached hydrogen (secondary N) is 1. The average molecular weight is 320 g/mol. The molecule has 21 heavy (non-hydrogen) atoms. The van der Waals surface area contributed by atoms with E-state index < -0.39 is 8.80 Å². The SMILES string of the molecule is CO[Si](CCCNC(=O)CC(C)(C)CC(C)C)(OC)OC. The number of hydrogen-bond acceptors (Lipinski definition) is 4. The number of amides is 1. The highest BCUT2D eigenvalue weighted by Crippen LogP contribution is 2.28. The molecule has 0 fully saturated rings. The number of rotatable bonds is 11. The molecule has 0 rings (SSSR count). The minimum absolute atomic E-state index is 0.0440. The van der Waals surface area contributed by atoms with Crippen LogP contribution in [0.25, 0.3) is 0 Å². The first-order chi connectivity index (χ1) is 9.70. The van der Waals surface area contributed by atoms with Crippen LogP contribution < -0.4 is 5.32 Å². The predicted molar refractivity (Wildman–Crippen MR) is 87.1 cm³/mol. The van der Waals surface area contributed by atoms with E-state index >= 15 is 0 Å². The summed E-state index contributed by atoms with van der Waals surface area (Å²) < 4.78 is 16.0. The maximum Gasteiger partial charge on any atom is 0.500 e. The molecule has 0 aliphatic heterocycles. The van der Waals surface area contributed by atoms with Gasteiger partial charge in [-0.1, -0.05) is 27.7 Å². The normalized spacial score (nSPS) is 12.8. The molecule has 0 aliphatic rings. The van der Waals surface area contributed by atoms with Crippen LogP contribution in [-0.2, 0) is 18.1 Å². The largest absolute Gasteiger partial charge is 0.500 e. The third-order valence-electron chi connectivity index (χ3n) is 3.51. The third-order valence-corrected chi connectivity index (χ3v) is 6.35. The van der Waals surface area contributed by atoms with Crippen LogP contribution in [-0.4, -0.2) is 42.6 Å². The topological polar surface area (TPSA) is 56.8 Å². The summed E-state index contributed by atoms with van der Waals surface area (Å²) in [6.45, 7) is 9.28. The van der Waals surface area contributed by atoms with Crippen molar-refractivity contribution < 1.29 is 18.1 Å². The predicted octanol–water partition coefficient (Wildman–Crippen LogP) is 2.83. The van der Waals surface area contributed by atoms with Crippen molar-refractivity contribution in [1.29, 1.82) is 0 Å². The lowest BCUT2D eigenvalue weighted by Gasteiger charge is -2.26. The molecule has 0 saturated heterocycles. The van der Waals surface area contributed by atoms with Crippen LogP contribution in [0, 0.1) is 11.3 Å². The highest BCUT2D eigenvalue weighted by Gasteiger charge is 2.36. The Bertz CT molecular complexity index is 296. The van der Waals surface area contributed by atoms with Crippen LogP contribution in [0.5, 0.6) is 0 Å². The molecule has 1 N–H and O–H groups in total. The van der Waals surface area contributed by atoms with Crippen molar-refractivity contribution in [1.82, 2.24) is 5.32 Å². The molecule has 1 amide bonds. The second-order valence-electron chi connectivity index (χ2n) is 6.69. The van der Waals surface area contributed by atoms with Crippen LogP contribution in [0.2, 0.25) is 6.04 Å². The standard InChI is InChI=1S/C15H33NO4Si/c1-13(2)11-15(3,4)12-14(17)16-9-8-10-21(18-5,19-6)20-7/h13H,8-12H2,1-7H3,(H,16,17).